The number of carbonyl (C=O) groups excluding carboxylic acids is 1. The van der Waals surface area contributed by atoms with Crippen molar-refractivity contribution in [3.05, 3.63) is 5.82 Å². The molecule has 2 atom stereocenters. The minimum Gasteiger partial charge on any atom is -0.278 e. The second-order valence-corrected chi connectivity index (χ2v) is 5.05. The zero-order valence-corrected chi connectivity index (χ0v) is 12.4. The number of carbonyl (C=O) groups is 1. The number of nitrogens with zero attached hydrogens (tertiary/aromatic N) is 7. The number of piperidine rings is 1. The second-order valence-electron chi connectivity index (χ2n) is 5.05. The van der Waals surface area contributed by atoms with E-state index in [1.54, 1.807) is 11.7 Å². The van der Waals surface area contributed by atoms with Crippen LogP contribution >= 0.6 is 0 Å². The molecule has 1 aliphatic heterocycles. The molecule has 9 heteroatoms. The van der Waals surface area contributed by atoms with Gasteiger partial charge in [0.15, 0.2) is 5.82 Å². The highest BCUT2D eigenvalue weighted by molar-refractivity contribution is 5.72. The maximum atomic E-state index is 11.6. The van der Waals surface area contributed by atoms with Gasteiger partial charge in [-0.25, -0.2) is 9.75 Å². The Morgan fingerprint density at radius 1 is 1.57 bits per heavy atom. The first-order valence-corrected chi connectivity index (χ1v) is 6.75. The summed E-state index contributed by atoms with van der Waals surface area (Å²) in [6, 6.07) is 2.02. The van der Waals surface area contributed by atoms with Crippen LogP contribution < -0.4 is 0 Å². The first-order valence-electron chi connectivity index (χ1n) is 6.75. The summed E-state index contributed by atoms with van der Waals surface area (Å²) in [6.07, 6.45) is 1.42. The maximum Gasteiger partial charge on any atom is 0.243 e. The fourth-order valence-corrected chi connectivity index (χ4v) is 2.63. The molecule has 0 aromatic carbocycles. The molecule has 0 spiro atoms. The third-order valence-electron chi connectivity index (χ3n) is 3.70. The van der Waals surface area contributed by atoms with E-state index >= 15 is 0 Å². The Balaban J connectivity index is 2.11. The van der Waals surface area contributed by atoms with Gasteiger partial charge in [-0.1, -0.05) is 0 Å². The Labute approximate surface area is 123 Å². The van der Waals surface area contributed by atoms with Gasteiger partial charge in [0.25, 0.3) is 0 Å². The molecule has 0 saturated carbocycles. The number of hydrogen-bond acceptors (Lipinski definition) is 7. The quantitative estimate of drug-likeness (QED) is 0.688. The molecule has 2 heterocycles. The lowest BCUT2D eigenvalue weighted by molar-refractivity contribution is -0.192. The van der Waals surface area contributed by atoms with Crippen molar-refractivity contribution < 1.29 is 9.63 Å². The summed E-state index contributed by atoms with van der Waals surface area (Å²) in [5.41, 5.74) is 0. The maximum absolute atomic E-state index is 11.6. The Morgan fingerprint density at radius 3 is 2.86 bits per heavy atom. The smallest absolute Gasteiger partial charge is 0.243 e. The van der Waals surface area contributed by atoms with Crippen LogP contribution in [-0.2, 0) is 23.2 Å². The molecule has 1 fully saturated rings. The molecule has 0 N–H and O–H groups in total. The van der Waals surface area contributed by atoms with Gasteiger partial charge in [-0.05, 0) is 23.3 Å². The second kappa shape index (κ2) is 6.60. The van der Waals surface area contributed by atoms with Gasteiger partial charge >= 0.3 is 0 Å². The molecular formula is C12H19N7O2. The predicted octanol–water partition coefficient (Wildman–Crippen LogP) is -0.523. The SMILES string of the molecule is CON(C(C)=O)[C@@H]1CC[C@@H](C#N)N(Cc2nnnn2C)C1. The average molecular weight is 293 g/mol. The van der Waals surface area contributed by atoms with Crippen LogP contribution in [0, 0.1) is 11.3 Å². The Bertz CT molecular complexity index is 538. The zero-order chi connectivity index (χ0) is 15.4. The van der Waals surface area contributed by atoms with Gasteiger partial charge in [-0.2, -0.15) is 5.26 Å². The largest absolute Gasteiger partial charge is 0.278 e. The van der Waals surface area contributed by atoms with Crippen molar-refractivity contribution >= 4 is 5.91 Å². The number of aromatic nitrogens is 4. The van der Waals surface area contributed by atoms with Gasteiger partial charge < -0.3 is 0 Å². The first-order chi connectivity index (χ1) is 10.1. The molecular weight excluding hydrogens is 274 g/mol. The summed E-state index contributed by atoms with van der Waals surface area (Å²) in [5.74, 6) is 0.542. The van der Waals surface area contributed by atoms with Gasteiger partial charge in [0.1, 0.15) is 0 Å². The summed E-state index contributed by atoms with van der Waals surface area (Å²) in [6.45, 7) is 2.49. The molecule has 1 aliphatic rings. The lowest BCUT2D eigenvalue weighted by Gasteiger charge is -2.39. The normalized spacial score (nSPS) is 22.8. The van der Waals surface area contributed by atoms with Crippen LogP contribution in [0.25, 0.3) is 0 Å². The molecule has 0 aliphatic carbocycles. The summed E-state index contributed by atoms with van der Waals surface area (Å²) in [5, 5.41) is 22.0. The van der Waals surface area contributed by atoms with Gasteiger partial charge in [0.2, 0.25) is 5.91 Å². The van der Waals surface area contributed by atoms with Crippen LogP contribution in [0.3, 0.4) is 0 Å². The van der Waals surface area contributed by atoms with Crippen molar-refractivity contribution in [3.8, 4) is 6.07 Å². The third kappa shape index (κ3) is 3.34. The molecule has 1 aromatic heterocycles. The fraction of sp³-hybridized carbons (Fsp3) is 0.750. The highest BCUT2D eigenvalue weighted by Gasteiger charge is 2.33. The third-order valence-corrected chi connectivity index (χ3v) is 3.70. The number of rotatable bonds is 4. The van der Waals surface area contributed by atoms with Crippen LogP contribution in [0.15, 0.2) is 0 Å². The van der Waals surface area contributed by atoms with E-state index in [4.69, 9.17) is 4.84 Å². The molecule has 1 aromatic rings. The number of aryl methyl sites for hydroxylation is 1. The molecule has 0 bridgehead atoms. The highest BCUT2D eigenvalue weighted by Crippen LogP contribution is 2.22. The van der Waals surface area contributed by atoms with Crippen molar-refractivity contribution in [2.75, 3.05) is 13.7 Å². The van der Waals surface area contributed by atoms with Gasteiger partial charge in [-0.15, -0.1) is 5.10 Å². The van der Waals surface area contributed by atoms with E-state index in [1.807, 2.05) is 4.90 Å². The van der Waals surface area contributed by atoms with Crippen molar-refractivity contribution in [3.63, 3.8) is 0 Å². The molecule has 1 saturated heterocycles. The van der Waals surface area contributed by atoms with E-state index in [1.165, 1.54) is 19.1 Å². The number of amides is 1. The minimum absolute atomic E-state index is 0.0710. The summed E-state index contributed by atoms with van der Waals surface area (Å²) in [7, 11) is 3.24. The van der Waals surface area contributed by atoms with E-state index in [0.29, 0.717) is 25.3 Å². The van der Waals surface area contributed by atoms with Gasteiger partial charge in [-0.3, -0.25) is 14.5 Å². The molecule has 0 radical (unpaired) electrons. The lowest BCUT2D eigenvalue weighted by atomic mass is 9.98. The number of likely N-dealkylation sites (tertiary alicyclic amines) is 1. The lowest BCUT2D eigenvalue weighted by Crippen LogP contribution is -2.52. The van der Waals surface area contributed by atoms with Gasteiger partial charge in [0, 0.05) is 20.5 Å². The van der Waals surface area contributed by atoms with Crippen molar-refractivity contribution in [1.82, 2.24) is 30.2 Å². The van der Waals surface area contributed by atoms with E-state index < -0.39 is 0 Å². The molecule has 0 unspecified atom stereocenters. The van der Waals surface area contributed by atoms with Crippen LogP contribution in [-0.4, -0.2) is 61.8 Å². The first kappa shape index (κ1) is 15.3. The molecule has 1 amide bonds. The molecule has 114 valence electrons. The summed E-state index contributed by atoms with van der Waals surface area (Å²) >= 11 is 0. The topological polar surface area (TPSA) is 100 Å². The van der Waals surface area contributed by atoms with E-state index in [2.05, 4.69) is 21.6 Å². The van der Waals surface area contributed by atoms with E-state index in [0.717, 1.165) is 6.42 Å². The standard InChI is InChI=1S/C12H19N7O2/c1-9(20)19(21-3)11-5-4-10(6-13)18(7-11)8-12-14-15-16-17(12)2/h10-11H,4-5,7-8H2,1-3H3/t10-,11+/m0/s1. The highest BCUT2D eigenvalue weighted by atomic mass is 16.7. The predicted molar refractivity (Wildman–Crippen MR) is 71.2 cm³/mol. The van der Waals surface area contributed by atoms with E-state index in [9.17, 15) is 10.1 Å². The van der Waals surface area contributed by atoms with E-state index in [-0.39, 0.29) is 18.0 Å². The number of nitriles is 1. The summed E-state index contributed by atoms with van der Waals surface area (Å²) < 4.78 is 1.58. The fourth-order valence-electron chi connectivity index (χ4n) is 2.63. The van der Waals surface area contributed by atoms with Crippen LogP contribution in [0.2, 0.25) is 0 Å². The monoisotopic (exact) mass is 293 g/mol. The zero-order valence-electron chi connectivity index (χ0n) is 12.4. The van der Waals surface area contributed by atoms with Crippen LogP contribution in [0.5, 0.6) is 0 Å². The van der Waals surface area contributed by atoms with Crippen molar-refractivity contribution in [1.29, 1.82) is 5.26 Å². The summed E-state index contributed by atoms with van der Waals surface area (Å²) in [4.78, 5) is 18.7. The van der Waals surface area contributed by atoms with Crippen molar-refractivity contribution in [2.24, 2.45) is 7.05 Å². The Hall–Kier alpha value is -2.05. The Morgan fingerprint density at radius 2 is 2.33 bits per heavy atom. The van der Waals surface area contributed by atoms with Crippen molar-refractivity contribution in [2.45, 2.75) is 38.4 Å². The average Bonchev–Trinajstić information content (AvgIpc) is 2.85. The molecule has 2 rings (SSSR count). The Kier molecular flexibility index (Phi) is 4.82. The van der Waals surface area contributed by atoms with Gasteiger partial charge in [0.05, 0.1) is 31.8 Å². The molecule has 9 nitrogen and oxygen atoms in total. The van der Waals surface area contributed by atoms with Crippen LogP contribution in [0.1, 0.15) is 25.6 Å². The number of hydroxylamine groups is 2. The van der Waals surface area contributed by atoms with Crippen LogP contribution in [0.4, 0.5) is 0 Å². The number of hydrogen-bond donors (Lipinski definition) is 0. The number of tetrazole rings is 1. The minimum atomic E-state index is -0.205. The molecule has 21 heavy (non-hydrogen) atoms.